The summed E-state index contributed by atoms with van der Waals surface area (Å²) in [4.78, 5) is 8.39. The Hall–Kier alpha value is -2.45. The van der Waals surface area contributed by atoms with Crippen molar-refractivity contribution in [3.8, 4) is 0 Å². The van der Waals surface area contributed by atoms with Gasteiger partial charge in [-0.15, -0.1) is 0 Å². The number of benzene rings is 1. The topological polar surface area (TPSA) is 111 Å². The van der Waals surface area contributed by atoms with Crippen molar-refractivity contribution in [3.05, 3.63) is 48.5 Å². The first kappa shape index (κ1) is 13.5. The number of nitrogens with one attached hydrogen (secondary N) is 1. The largest absolute Gasteiger partial charge is 0.446 e. The van der Waals surface area contributed by atoms with Crippen LogP contribution in [0, 0.1) is 0 Å². The van der Waals surface area contributed by atoms with Crippen LogP contribution >= 0.6 is 0 Å². The highest BCUT2D eigenvalue weighted by Gasteiger charge is 2.12. The third kappa shape index (κ3) is 3.01. The monoisotopic (exact) mass is 304 g/mol. The van der Waals surface area contributed by atoms with Gasteiger partial charge in [0.2, 0.25) is 5.09 Å². The molecule has 3 N–H and O–H groups in total. The van der Waals surface area contributed by atoms with Crippen LogP contribution in [0.2, 0.25) is 0 Å². The summed E-state index contributed by atoms with van der Waals surface area (Å²) in [7, 11) is -3.81. The molecule has 0 aliphatic carbocycles. The number of sulfonamides is 1. The Balaban J connectivity index is 1.75. The zero-order valence-electron chi connectivity index (χ0n) is 10.9. The third-order valence-corrected chi connectivity index (χ3v) is 3.63. The highest BCUT2D eigenvalue weighted by atomic mass is 32.2. The zero-order valence-corrected chi connectivity index (χ0v) is 11.7. The van der Waals surface area contributed by atoms with E-state index in [0.29, 0.717) is 12.3 Å². The van der Waals surface area contributed by atoms with E-state index < -0.39 is 10.0 Å². The molecule has 3 aromatic rings. The summed E-state index contributed by atoms with van der Waals surface area (Å²) in [6.07, 6.45) is 3.25. The number of nitrogens with two attached hydrogens (primary N) is 1. The van der Waals surface area contributed by atoms with Gasteiger partial charge in [0.15, 0.2) is 0 Å². The van der Waals surface area contributed by atoms with Crippen LogP contribution < -0.4 is 10.5 Å². The normalized spacial score (nSPS) is 11.7. The fourth-order valence-electron chi connectivity index (χ4n) is 1.87. The summed E-state index contributed by atoms with van der Waals surface area (Å²) in [5.74, 6) is 0.471. The summed E-state index contributed by atoms with van der Waals surface area (Å²) in [5, 5.41) is 7.86. The van der Waals surface area contributed by atoms with Gasteiger partial charge >= 0.3 is 0 Å². The molecule has 21 heavy (non-hydrogen) atoms. The Morgan fingerprint density at radius 3 is 2.57 bits per heavy atom. The van der Waals surface area contributed by atoms with Gasteiger partial charge in [0.25, 0.3) is 10.0 Å². The lowest BCUT2D eigenvalue weighted by Gasteiger charge is -2.05. The Morgan fingerprint density at radius 1 is 1.10 bits per heavy atom. The van der Waals surface area contributed by atoms with Crippen molar-refractivity contribution in [1.29, 1.82) is 0 Å². The van der Waals surface area contributed by atoms with Crippen LogP contribution in [-0.2, 0) is 16.6 Å². The lowest BCUT2D eigenvalue weighted by atomic mass is 10.2. The molecule has 0 spiro atoms. The number of furan rings is 1. The number of hydrogen-bond donors (Lipinski definition) is 2. The first-order valence-corrected chi connectivity index (χ1v) is 7.63. The average Bonchev–Trinajstić information content (AvgIpc) is 2.94. The second-order valence-electron chi connectivity index (χ2n) is 4.38. The Bertz CT molecular complexity index is 889. The summed E-state index contributed by atoms with van der Waals surface area (Å²) < 4.78 is 27.4. The van der Waals surface area contributed by atoms with E-state index >= 15 is 0 Å². The third-order valence-electron chi connectivity index (χ3n) is 2.85. The van der Waals surface area contributed by atoms with Crippen molar-refractivity contribution in [1.82, 2.24) is 9.97 Å². The van der Waals surface area contributed by atoms with E-state index in [1.54, 1.807) is 18.5 Å². The molecule has 0 fully saturated rings. The van der Waals surface area contributed by atoms with Gasteiger partial charge in [-0.2, -0.15) is 0 Å². The standard InChI is InChI=1S/C13H12N4O3S/c14-21(18,19)13-4-2-10(20-13)8-17-9-1-3-11-12(7-9)16-6-5-15-11/h1-7,17H,8H2,(H2,14,18,19). The molecule has 8 heteroatoms. The number of primary sulfonamides is 1. The molecule has 0 atom stereocenters. The smallest absolute Gasteiger partial charge is 0.271 e. The molecular formula is C13H12N4O3S. The van der Waals surface area contributed by atoms with E-state index in [-0.39, 0.29) is 5.09 Å². The van der Waals surface area contributed by atoms with Gasteiger partial charge in [0.05, 0.1) is 17.6 Å². The van der Waals surface area contributed by atoms with E-state index in [9.17, 15) is 8.42 Å². The first-order valence-electron chi connectivity index (χ1n) is 6.08. The lowest BCUT2D eigenvalue weighted by molar-refractivity contribution is 0.419. The van der Waals surface area contributed by atoms with Crippen molar-refractivity contribution < 1.29 is 12.8 Å². The summed E-state index contributed by atoms with van der Waals surface area (Å²) in [6.45, 7) is 0.335. The molecule has 0 aliphatic rings. The Morgan fingerprint density at radius 2 is 1.86 bits per heavy atom. The van der Waals surface area contributed by atoms with Gasteiger partial charge in [-0.05, 0) is 30.3 Å². The van der Waals surface area contributed by atoms with Crippen LogP contribution in [0.4, 0.5) is 5.69 Å². The van der Waals surface area contributed by atoms with Crippen molar-refractivity contribution in [2.24, 2.45) is 5.14 Å². The fourth-order valence-corrected chi connectivity index (χ4v) is 2.35. The van der Waals surface area contributed by atoms with E-state index in [1.807, 2.05) is 18.2 Å². The Labute approximate surface area is 120 Å². The van der Waals surface area contributed by atoms with Crippen LogP contribution in [-0.4, -0.2) is 18.4 Å². The quantitative estimate of drug-likeness (QED) is 0.755. The minimum atomic E-state index is -3.81. The number of fused-ring (bicyclic) bond motifs is 1. The maximum absolute atomic E-state index is 11.1. The maximum atomic E-state index is 11.1. The van der Waals surface area contributed by atoms with Crippen molar-refractivity contribution in [2.75, 3.05) is 5.32 Å². The number of nitrogens with zero attached hydrogens (tertiary/aromatic N) is 2. The molecule has 0 saturated heterocycles. The van der Waals surface area contributed by atoms with Gasteiger partial charge in [-0.1, -0.05) is 0 Å². The fraction of sp³-hybridized carbons (Fsp3) is 0.0769. The molecule has 0 saturated carbocycles. The first-order chi connectivity index (χ1) is 10.0. The van der Waals surface area contributed by atoms with Gasteiger partial charge in [-0.25, -0.2) is 13.6 Å². The van der Waals surface area contributed by atoms with E-state index in [0.717, 1.165) is 16.7 Å². The molecular weight excluding hydrogens is 292 g/mol. The van der Waals surface area contributed by atoms with Crippen LogP contribution in [0.15, 0.2) is 52.2 Å². The summed E-state index contributed by atoms with van der Waals surface area (Å²) in [5.41, 5.74) is 2.40. The highest BCUT2D eigenvalue weighted by Crippen LogP contribution is 2.17. The molecule has 2 aromatic heterocycles. The number of anilines is 1. The van der Waals surface area contributed by atoms with Crippen LogP contribution in [0.25, 0.3) is 11.0 Å². The van der Waals surface area contributed by atoms with E-state index in [1.165, 1.54) is 6.07 Å². The van der Waals surface area contributed by atoms with Crippen LogP contribution in [0.1, 0.15) is 5.76 Å². The Kier molecular flexibility index (Phi) is 3.32. The summed E-state index contributed by atoms with van der Waals surface area (Å²) in [6, 6.07) is 8.46. The molecule has 0 unspecified atom stereocenters. The number of aromatic nitrogens is 2. The summed E-state index contributed by atoms with van der Waals surface area (Å²) >= 11 is 0. The van der Waals surface area contributed by atoms with Gasteiger partial charge in [0, 0.05) is 18.1 Å². The van der Waals surface area contributed by atoms with Gasteiger partial charge in [-0.3, -0.25) is 9.97 Å². The average molecular weight is 304 g/mol. The zero-order chi connectivity index (χ0) is 14.9. The second-order valence-corrected chi connectivity index (χ2v) is 5.87. The van der Waals surface area contributed by atoms with E-state index in [2.05, 4.69) is 15.3 Å². The van der Waals surface area contributed by atoms with Gasteiger partial charge < -0.3 is 9.73 Å². The van der Waals surface area contributed by atoms with Crippen LogP contribution in [0.3, 0.4) is 0 Å². The van der Waals surface area contributed by atoms with E-state index in [4.69, 9.17) is 9.56 Å². The highest BCUT2D eigenvalue weighted by molar-refractivity contribution is 7.89. The number of rotatable bonds is 4. The molecule has 0 aliphatic heterocycles. The number of hydrogen-bond acceptors (Lipinski definition) is 6. The SMILES string of the molecule is NS(=O)(=O)c1ccc(CNc2ccc3nccnc3c2)o1. The molecule has 0 amide bonds. The molecule has 7 nitrogen and oxygen atoms in total. The predicted molar refractivity (Wildman–Crippen MR) is 76.9 cm³/mol. The molecule has 2 heterocycles. The van der Waals surface area contributed by atoms with Crippen molar-refractivity contribution >= 4 is 26.7 Å². The molecule has 0 bridgehead atoms. The second kappa shape index (κ2) is 5.15. The minimum absolute atomic E-state index is 0.247. The maximum Gasteiger partial charge on any atom is 0.271 e. The van der Waals surface area contributed by atoms with Gasteiger partial charge in [0.1, 0.15) is 5.76 Å². The molecule has 108 valence electrons. The van der Waals surface area contributed by atoms with Crippen molar-refractivity contribution in [3.63, 3.8) is 0 Å². The molecule has 3 rings (SSSR count). The van der Waals surface area contributed by atoms with Crippen LogP contribution in [0.5, 0.6) is 0 Å². The lowest BCUT2D eigenvalue weighted by Crippen LogP contribution is -2.10. The molecule has 1 aromatic carbocycles. The predicted octanol–water partition coefficient (Wildman–Crippen LogP) is 1.48. The van der Waals surface area contributed by atoms with Crippen molar-refractivity contribution in [2.45, 2.75) is 11.6 Å². The minimum Gasteiger partial charge on any atom is -0.446 e. The molecule has 0 radical (unpaired) electrons.